The molecule has 0 aliphatic rings. The Balaban J connectivity index is 2.56. The van der Waals surface area contributed by atoms with Crippen molar-refractivity contribution < 1.29 is 20.1 Å². The molecule has 0 spiro atoms. The monoisotopic (exact) mass is 279 g/mol. The highest BCUT2D eigenvalue weighted by atomic mass is 16.4. The van der Waals surface area contributed by atoms with E-state index in [-0.39, 0.29) is 13.0 Å². The first-order valence-electron chi connectivity index (χ1n) is 6.22. The number of carbonyl (C=O) groups is 1. The average molecular weight is 279 g/mol. The number of rotatable bonds is 8. The Bertz CT molecular complexity index is 483. The first-order valence-corrected chi connectivity index (χ1v) is 6.22. The molecule has 2 atom stereocenters. The quantitative estimate of drug-likeness (QED) is 0.381. The summed E-state index contributed by atoms with van der Waals surface area (Å²) in [6, 6.07) is 6.89. The van der Waals surface area contributed by atoms with E-state index in [2.05, 4.69) is 10.0 Å². The summed E-state index contributed by atoms with van der Waals surface area (Å²) in [4.78, 5) is 12.9. The zero-order valence-corrected chi connectivity index (χ0v) is 10.9. The van der Waals surface area contributed by atoms with Crippen LogP contribution in [0.5, 0.6) is 0 Å². The maximum atomic E-state index is 10.4. The Kier molecular flexibility index (Phi) is 6.52. The smallest absolute Gasteiger partial charge is 0.303 e. The van der Waals surface area contributed by atoms with E-state index in [0.29, 0.717) is 18.4 Å². The van der Waals surface area contributed by atoms with Crippen molar-refractivity contribution in [3.8, 4) is 0 Å². The van der Waals surface area contributed by atoms with Crippen LogP contribution in [0.2, 0.25) is 0 Å². The van der Waals surface area contributed by atoms with Gasteiger partial charge in [-0.15, -0.1) is 0 Å². The van der Waals surface area contributed by atoms with Crippen molar-refractivity contribution in [2.45, 2.75) is 31.5 Å². The zero-order chi connectivity index (χ0) is 15.0. The minimum Gasteiger partial charge on any atom is -0.481 e. The van der Waals surface area contributed by atoms with Crippen LogP contribution in [0.15, 0.2) is 29.4 Å². The third kappa shape index (κ3) is 5.27. The number of hydrogen-bond acceptors (Lipinski definition) is 4. The van der Waals surface area contributed by atoms with Crippen LogP contribution in [-0.4, -0.2) is 33.9 Å². The highest BCUT2D eigenvalue weighted by molar-refractivity contribution is 5.66. The summed E-state index contributed by atoms with van der Waals surface area (Å²) in [5, 5.41) is 31.2. The van der Waals surface area contributed by atoms with Crippen LogP contribution in [-0.2, 0) is 11.2 Å². The van der Waals surface area contributed by atoms with E-state index in [1.807, 2.05) is 0 Å². The van der Waals surface area contributed by atoms with Gasteiger partial charge in [-0.25, -0.2) is 0 Å². The van der Waals surface area contributed by atoms with Crippen molar-refractivity contribution in [1.29, 1.82) is 0 Å². The molecule has 108 valence electrons. The van der Waals surface area contributed by atoms with Crippen molar-refractivity contribution in [3.05, 3.63) is 45.8 Å². The van der Waals surface area contributed by atoms with Crippen molar-refractivity contribution in [1.82, 2.24) is 0 Å². The largest absolute Gasteiger partial charge is 0.481 e. The molecule has 0 fully saturated rings. The molecule has 0 saturated heterocycles. The van der Waals surface area contributed by atoms with E-state index >= 15 is 0 Å². The fourth-order valence-electron chi connectivity index (χ4n) is 1.77. The van der Waals surface area contributed by atoms with Gasteiger partial charge in [0.1, 0.15) is 6.10 Å². The molecule has 7 heteroatoms. The van der Waals surface area contributed by atoms with Gasteiger partial charge >= 0.3 is 5.97 Å². The highest BCUT2D eigenvalue weighted by Crippen LogP contribution is 2.18. The number of aliphatic hydroxyl groups excluding tert-OH is 2. The van der Waals surface area contributed by atoms with Crippen LogP contribution < -0.4 is 0 Å². The number of hydrogen-bond donors (Lipinski definition) is 3. The lowest BCUT2D eigenvalue weighted by atomic mass is 10.0. The van der Waals surface area contributed by atoms with Crippen molar-refractivity contribution in [2.75, 3.05) is 6.54 Å². The van der Waals surface area contributed by atoms with E-state index in [1.165, 1.54) is 0 Å². The number of carboxylic acids is 1. The topological polar surface area (TPSA) is 127 Å². The van der Waals surface area contributed by atoms with Gasteiger partial charge < -0.3 is 15.3 Å². The number of carboxylic acid groups (broad SMARTS) is 1. The van der Waals surface area contributed by atoms with Gasteiger partial charge in [0.2, 0.25) is 0 Å². The molecule has 0 aliphatic carbocycles. The highest BCUT2D eigenvalue weighted by Gasteiger charge is 2.17. The van der Waals surface area contributed by atoms with Gasteiger partial charge in [0.05, 0.1) is 12.6 Å². The predicted octanol–water partition coefficient (Wildman–Crippen LogP) is 1.80. The summed E-state index contributed by atoms with van der Waals surface area (Å²) < 4.78 is 0. The second-order valence-electron chi connectivity index (χ2n) is 4.41. The molecule has 7 nitrogen and oxygen atoms in total. The molecule has 20 heavy (non-hydrogen) atoms. The Labute approximate surface area is 116 Å². The van der Waals surface area contributed by atoms with Crippen molar-refractivity contribution in [2.24, 2.45) is 5.11 Å². The third-order valence-electron chi connectivity index (χ3n) is 2.87. The van der Waals surface area contributed by atoms with E-state index in [0.717, 1.165) is 5.56 Å². The number of aliphatic carboxylic acids is 1. The molecule has 0 saturated carbocycles. The van der Waals surface area contributed by atoms with Crippen LogP contribution in [0.1, 0.15) is 30.1 Å². The minimum atomic E-state index is -1.15. The first kappa shape index (κ1) is 16.0. The summed E-state index contributed by atoms with van der Waals surface area (Å²) >= 11 is 0. The molecule has 2 unspecified atom stereocenters. The second kappa shape index (κ2) is 8.16. The molecule has 1 aromatic rings. The van der Waals surface area contributed by atoms with Crippen LogP contribution in [0.25, 0.3) is 10.4 Å². The molecule has 0 heterocycles. The Hall–Kier alpha value is -2.08. The second-order valence-corrected chi connectivity index (χ2v) is 4.41. The summed E-state index contributed by atoms with van der Waals surface area (Å²) in [5.74, 6) is -0.821. The Morgan fingerprint density at radius 1 is 1.30 bits per heavy atom. The van der Waals surface area contributed by atoms with Crippen LogP contribution >= 0.6 is 0 Å². The maximum absolute atomic E-state index is 10.4. The SMILES string of the molecule is [N-]=[N+]=NCC(O)C(O)c1ccc(CCCC(=O)O)cc1. The van der Waals surface area contributed by atoms with Gasteiger partial charge in [-0.3, -0.25) is 4.79 Å². The normalized spacial score (nSPS) is 13.3. The van der Waals surface area contributed by atoms with Gasteiger partial charge in [-0.1, -0.05) is 29.4 Å². The summed E-state index contributed by atoms with van der Waals surface area (Å²) in [6.45, 7) is -0.196. The molecule has 0 aliphatic heterocycles. The Morgan fingerprint density at radius 3 is 2.50 bits per heavy atom. The molecule has 1 aromatic carbocycles. The van der Waals surface area contributed by atoms with E-state index < -0.39 is 18.2 Å². The van der Waals surface area contributed by atoms with Gasteiger partial charge in [0.25, 0.3) is 0 Å². The number of azide groups is 1. The summed E-state index contributed by atoms with van der Waals surface area (Å²) in [6.07, 6.45) is -0.951. The molecule has 0 radical (unpaired) electrons. The van der Waals surface area contributed by atoms with E-state index in [9.17, 15) is 15.0 Å². The fraction of sp³-hybridized carbons (Fsp3) is 0.462. The summed E-state index contributed by atoms with van der Waals surface area (Å²) in [7, 11) is 0. The third-order valence-corrected chi connectivity index (χ3v) is 2.87. The average Bonchev–Trinajstić information content (AvgIpc) is 2.44. The molecule has 3 N–H and O–H groups in total. The maximum Gasteiger partial charge on any atom is 0.303 e. The number of nitrogens with zero attached hydrogens (tertiary/aromatic N) is 3. The van der Waals surface area contributed by atoms with Crippen LogP contribution in [0.4, 0.5) is 0 Å². The first-order chi connectivity index (χ1) is 9.54. The lowest BCUT2D eigenvalue weighted by molar-refractivity contribution is -0.137. The number of aliphatic hydroxyl groups is 2. The Morgan fingerprint density at radius 2 is 1.95 bits per heavy atom. The fourth-order valence-corrected chi connectivity index (χ4v) is 1.77. The zero-order valence-electron chi connectivity index (χ0n) is 10.9. The van der Waals surface area contributed by atoms with Crippen molar-refractivity contribution >= 4 is 5.97 Å². The van der Waals surface area contributed by atoms with E-state index in [1.54, 1.807) is 24.3 Å². The summed E-state index contributed by atoms with van der Waals surface area (Å²) in [5.41, 5.74) is 9.63. The number of aryl methyl sites for hydroxylation is 1. The molecule has 0 aromatic heterocycles. The molecular weight excluding hydrogens is 262 g/mol. The van der Waals surface area contributed by atoms with Crippen molar-refractivity contribution in [3.63, 3.8) is 0 Å². The van der Waals surface area contributed by atoms with Gasteiger partial charge in [-0.05, 0) is 29.5 Å². The minimum absolute atomic E-state index is 0.120. The lowest BCUT2D eigenvalue weighted by Crippen LogP contribution is -2.21. The molecule has 0 bridgehead atoms. The van der Waals surface area contributed by atoms with Crippen LogP contribution in [0, 0.1) is 0 Å². The molecular formula is C13H17N3O4. The predicted molar refractivity (Wildman–Crippen MR) is 72.0 cm³/mol. The van der Waals surface area contributed by atoms with Crippen LogP contribution in [0.3, 0.4) is 0 Å². The lowest BCUT2D eigenvalue weighted by Gasteiger charge is -2.16. The molecule has 1 rings (SSSR count). The van der Waals surface area contributed by atoms with Gasteiger partial charge in [0.15, 0.2) is 0 Å². The standard InChI is InChI=1S/C13H17N3O4/c14-16-15-8-11(17)13(20)10-6-4-9(5-7-10)2-1-3-12(18)19/h4-7,11,13,17,20H,1-3,8H2,(H,18,19). The van der Waals surface area contributed by atoms with Gasteiger partial charge in [0, 0.05) is 11.3 Å². The number of benzene rings is 1. The molecule has 0 amide bonds. The van der Waals surface area contributed by atoms with Gasteiger partial charge in [-0.2, -0.15) is 0 Å². The van der Waals surface area contributed by atoms with E-state index in [4.69, 9.17) is 10.6 Å².